The van der Waals surface area contributed by atoms with E-state index in [9.17, 15) is 19.2 Å². The van der Waals surface area contributed by atoms with E-state index >= 15 is 0 Å². The monoisotopic (exact) mass is 552 g/mol. The van der Waals surface area contributed by atoms with Gasteiger partial charge in [0.15, 0.2) is 0 Å². The molecule has 2 aliphatic carbocycles. The minimum Gasteiger partial charge on any atom is -0.489 e. The van der Waals surface area contributed by atoms with Crippen LogP contribution in [0.3, 0.4) is 0 Å². The van der Waals surface area contributed by atoms with Gasteiger partial charge in [-0.1, -0.05) is 47.5 Å². The highest BCUT2D eigenvalue weighted by Crippen LogP contribution is 2.34. The number of imide groups is 2. The highest BCUT2D eigenvalue weighted by molar-refractivity contribution is 6.35. The number of ether oxygens (including phenoxy) is 1. The van der Waals surface area contributed by atoms with Crippen LogP contribution in [0.25, 0.3) is 0 Å². The van der Waals surface area contributed by atoms with Crippen LogP contribution >= 0.6 is 23.2 Å². The average Bonchev–Trinajstić information content (AvgIpc) is 2.92. The summed E-state index contributed by atoms with van der Waals surface area (Å²) in [6, 6.07) is 12.2. The summed E-state index contributed by atoms with van der Waals surface area (Å²) in [6.45, 7) is 0.298. The van der Waals surface area contributed by atoms with Crippen LogP contribution in [-0.4, -0.2) is 23.6 Å². The van der Waals surface area contributed by atoms with Crippen molar-refractivity contribution in [2.75, 3.05) is 4.90 Å². The summed E-state index contributed by atoms with van der Waals surface area (Å²) in [5, 5.41) is 3.47. The molecule has 0 aromatic heterocycles. The molecule has 38 heavy (non-hydrogen) atoms. The van der Waals surface area contributed by atoms with Gasteiger partial charge in [-0.25, -0.2) is 4.90 Å². The largest absolute Gasteiger partial charge is 0.489 e. The van der Waals surface area contributed by atoms with E-state index in [4.69, 9.17) is 27.9 Å². The van der Waals surface area contributed by atoms with E-state index in [0.29, 0.717) is 34.5 Å². The van der Waals surface area contributed by atoms with E-state index in [0.717, 1.165) is 36.8 Å². The molecule has 2 heterocycles. The molecule has 2 aromatic carbocycles. The Morgan fingerprint density at radius 1 is 0.974 bits per heavy atom. The van der Waals surface area contributed by atoms with E-state index < -0.39 is 0 Å². The van der Waals surface area contributed by atoms with E-state index in [1.54, 1.807) is 36.4 Å². The van der Waals surface area contributed by atoms with Crippen molar-refractivity contribution in [1.82, 2.24) is 5.32 Å². The molecule has 0 radical (unpaired) electrons. The van der Waals surface area contributed by atoms with Crippen LogP contribution in [0.15, 0.2) is 66.3 Å². The number of carbonyl (C=O) groups excluding carboxylic acids is 4. The second-order valence-electron chi connectivity index (χ2n) is 9.74. The number of benzene rings is 2. The topological polar surface area (TPSA) is 92.8 Å². The quantitative estimate of drug-likeness (QED) is 0.405. The first-order chi connectivity index (χ1) is 18.3. The third-order valence-corrected chi connectivity index (χ3v) is 7.75. The van der Waals surface area contributed by atoms with Crippen LogP contribution in [0.1, 0.15) is 37.7 Å². The van der Waals surface area contributed by atoms with Crippen LogP contribution in [0.2, 0.25) is 10.0 Å². The van der Waals surface area contributed by atoms with Crippen LogP contribution in [0.5, 0.6) is 5.75 Å². The van der Waals surface area contributed by atoms with Crippen LogP contribution in [-0.2, 0) is 25.8 Å². The third-order valence-electron chi connectivity index (χ3n) is 7.16. The number of amides is 4. The zero-order valence-corrected chi connectivity index (χ0v) is 22.0. The van der Waals surface area contributed by atoms with Crippen LogP contribution in [0.4, 0.5) is 5.69 Å². The minimum absolute atomic E-state index is 0.0442. The molecule has 1 saturated heterocycles. The van der Waals surface area contributed by atoms with Crippen LogP contribution < -0.4 is 15.0 Å². The number of allylic oxidation sites excluding steroid dienone is 1. The lowest BCUT2D eigenvalue weighted by Gasteiger charge is -2.33. The SMILES string of the molecule is O=C1C2=CC(CCC2)C(=O)N1c1ccc(OCc2ccc(Cl)cc2Cl)cc1.O=C1NC(=O)C2CC=CC1C2. The van der Waals surface area contributed by atoms with E-state index in [1.807, 2.05) is 24.3 Å². The maximum absolute atomic E-state index is 12.6. The van der Waals surface area contributed by atoms with E-state index in [1.165, 1.54) is 4.90 Å². The number of halogens is 2. The Kier molecular flexibility index (Phi) is 7.68. The number of piperidine rings is 1. The summed E-state index contributed by atoms with van der Waals surface area (Å²) in [4.78, 5) is 48.6. The normalized spacial score (nSPS) is 23.8. The number of hydrogen-bond donors (Lipinski definition) is 1. The molecule has 1 fully saturated rings. The number of fused-ring (bicyclic) bond motifs is 3. The average molecular weight is 553 g/mol. The second kappa shape index (κ2) is 11.1. The summed E-state index contributed by atoms with van der Waals surface area (Å²) in [6.07, 6.45) is 9.57. The summed E-state index contributed by atoms with van der Waals surface area (Å²) in [5.41, 5.74) is 2.13. The summed E-state index contributed by atoms with van der Waals surface area (Å²) >= 11 is 12.0. The number of nitrogens with zero attached hydrogens (tertiary/aromatic N) is 1. The fourth-order valence-corrected chi connectivity index (χ4v) is 5.52. The van der Waals surface area contributed by atoms with Gasteiger partial charge >= 0.3 is 0 Å². The first-order valence-corrected chi connectivity index (χ1v) is 13.3. The first-order valence-electron chi connectivity index (χ1n) is 12.6. The third kappa shape index (κ3) is 5.54. The van der Waals surface area contributed by atoms with Gasteiger partial charge in [0.2, 0.25) is 17.7 Å². The number of hydrogen-bond acceptors (Lipinski definition) is 5. The van der Waals surface area contributed by atoms with Gasteiger partial charge < -0.3 is 4.74 Å². The molecule has 4 aliphatic rings. The van der Waals surface area contributed by atoms with Gasteiger partial charge in [-0.15, -0.1) is 0 Å². The lowest BCUT2D eigenvalue weighted by atomic mass is 9.82. The van der Waals surface area contributed by atoms with Crippen molar-refractivity contribution in [3.63, 3.8) is 0 Å². The van der Waals surface area contributed by atoms with Gasteiger partial charge in [0.1, 0.15) is 12.4 Å². The fraction of sp³-hybridized carbons (Fsp3) is 0.310. The molecule has 3 unspecified atom stereocenters. The maximum Gasteiger partial charge on any atom is 0.260 e. The molecule has 4 bridgehead atoms. The summed E-state index contributed by atoms with van der Waals surface area (Å²) < 4.78 is 5.76. The molecule has 4 amide bonds. The smallest absolute Gasteiger partial charge is 0.260 e. The molecular formula is C29H26Cl2N2O5. The van der Waals surface area contributed by atoms with Crippen molar-refractivity contribution in [3.8, 4) is 5.75 Å². The Labute approximate surface area is 230 Å². The predicted molar refractivity (Wildman–Crippen MR) is 144 cm³/mol. The maximum atomic E-state index is 12.6. The molecule has 196 valence electrons. The Morgan fingerprint density at radius 2 is 1.76 bits per heavy atom. The fourth-order valence-electron chi connectivity index (χ4n) is 5.05. The Bertz CT molecular complexity index is 1350. The molecule has 1 N–H and O–H groups in total. The molecule has 7 nitrogen and oxygen atoms in total. The van der Waals surface area contributed by atoms with Crippen molar-refractivity contribution in [2.24, 2.45) is 17.8 Å². The van der Waals surface area contributed by atoms with Gasteiger partial charge in [0.05, 0.1) is 17.5 Å². The molecule has 6 rings (SSSR count). The van der Waals surface area contributed by atoms with E-state index in [-0.39, 0.29) is 41.4 Å². The summed E-state index contributed by atoms with van der Waals surface area (Å²) in [7, 11) is 0. The Hall–Kier alpha value is -3.42. The standard InChI is InChI=1S/C21H17Cl2NO3.C8H9NO2/c22-16-5-4-15(19(23)11-16)12-27-18-8-6-17(7-9-18)24-20(25)13-2-1-3-14(10-13)21(24)26;10-7-5-2-1-3-6(4-5)8(11)9-7/h4-11,13H,1-3,12H2;1-2,5-6H,3-4H2,(H,9,10,11). The van der Waals surface area contributed by atoms with Crippen molar-refractivity contribution in [2.45, 2.75) is 38.7 Å². The number of carbonyl (C=O) groups is 4. The number of rotatable bonds is 4. The highest BCUT2D eigenvalue weighted by atomic mass is 35.5. The predicted octanol–water partition coefficient (Wildman–Crippen LogP) is 5.40. The highest BCUT2D eigenvalue weighted by Gasteiger charge is 2.38. The zero-order valence-electron chi connectivity index (χ0n) is 20.5. The molecule has 9 heteroatoms. The van der Waals surface area contributed by atoms with Gasteiger partial charge in [-0.2, -0.15) is 0 Å². The first kappa shape index (κ1) is 26.2. The van der Waals surface area contributed by atoms with Gasteiger partial charge in [0, 0.05) is 27.1 Å². The van der Waals surface area contributed by atoms with Crippen molar-refractivity contribution >= 4 is 52.5 Å². The molecule has 0 saturated carbocycles. The minimum atomic E-state index is -0.211. The van der Waals surface area contributed by atoms with Gasteiger partial charge in [0.25, 0.3) is 5.91 Å². The van der Waals surface area contributed by atoms with Crippen molar-refractivity contribution in [1.29, 1.82) is 0 Å². The van der Waals surface area contributed by atoms with Crippen molar-refractivity contribution in [3.05, 3.63) is 81.9 Å². The molecule has 2 aromatic rings. The van der Waals surface area contributed by atoms with Gasteiger partial charge in [-0.05, 0) is 68.5 Å². The molecule has 3 atom stereocenters. The molecule has 0 spiro atoms. The number of nitrogens with one attached hydrogen (secondary N) is 1. The number of anilines is 1. The molecular weight excluding hydrogens is 527 g/mol. The van der Waals surface area contributed by atoms with Gasteiger partial charge in [-0.3, -0.25) is 24.5 Å². The van der Waals surface area contributed by atoms with E-state index in [2.05, 4.69) is 5.32 Å². The van der Waals surface area contributed by atoms with Crippen LogP contribution in [0, 0.1) is 17.8 Å². The Morgan fingerprint density at radius 3 is 2.53 bits per heavy atom. The lowest BCUT2D eigenvalue weighted by Crippen LogP contribution is -2.46. The molecule has 2 aliphatic heterocycles. The second-order valence-corrected chi connectivity index (χ2v) is 10.6. The Balaban J connectivity index is 0.000000222. The van der Waals surface area contributed by atoms with Crippen molar-refractivity contribution < 1.29 is 23.9 Å². The zero-order chi connectivity index (χ0) is 26.8. The summed E-state index contributed by atoms with van der Waals surface area (Å²) in [5.74, 6) is -0.162. The lowest BCUT2D eigenvalue weighted by molar-refractivity contribution is -0.139.